The van der Waals surface area contributed by atoms with Gasteiger partial charge in [-0.2, -0.15) is 5.10 Å². The molecule has 0 unspecified atom stereocenters. The number of rotatable bonds is 4. The topological polar surface area (TPSA) is 87.2 Å². The van der Waals surface area contributed by atoms with Crippen molar-refractivity contribution in [1.82, 2.24) is 15.4 Å². The third-order valence-corrected chi connectivity index (χ3v) is 5.82. The van der Waals surface area contributed by atoms with Crippen LogP contribution in [0.1, 0.15) is 28.8 Å². The van der Waals surface area contributed by atoms with Gasteiger partial charge < -0.3 is 4.98 Å². The van der Waals surface area contributed by atoms with E-state index in [4.69, 9.17) is 0 Å². The maximum absolute atomic E-state index is 12.3. The second-order valence-corrected chi connectivity index (χ2v) is 7.92. The van der Waals surface area contributed by atoms with Gasteiger partial charge in [0.05, 0.1) is 17.5 Å². The number of carbonyl (C=O) groups is 1. The number of aromatic amines is 1. The lowest BCUT2D eigenvalue weighted by molar-refractivity contribution is -0.120. The molecule has 0 radical (unpaired) electrons. The number of nitrogens with zero attached hydrogens (tertiary/aromatic N) is 2. The molecule has 0 saturated heterocycles. The number of nitrogens with one attached hydrogen (secondary N) is 2. The van der Waals surface area contributed by atoms with Gasteiger partial charge in [0.25, 0.3) is 5.56 Å². The summed E-state index contributed by atoms with van der Waals surface area (Å²) in [5.41, 5.74) is 4.80. The third kappa shape index (κ3) is 3.76. The van der Waals surface area contributed by atoms with E-state index >= 15 is 0 Å². The van der Waals surface area contributed by atoms with Crippen LogP contribution in [0.5, 0.6) is 0 Å². The molecule has 0 aliphatic rings. The summed E-state index contributed by atoms with van der Waals surface area (Å²) in [7, 11) is 0. The van der Waals surface area contributed by atoms with Crippen LogP contribution >= 0.6 is 27.3 Å². The van der Waals surface area contributed by atoms with Gasteiger partial charge in [-0.25, -0.2) is 10.4 Å². The SMILES string of the molecule is C/C(=N\NC(=O)Cc1nc2sc(C)c(C)c2c(=O)[nH]1)c1ccccc1Br. The highest BCUT2D eigenvalue weighted by molar-refractivity contribution is 9.10. The number of hydrogen-bond donors (Lipinski definition) is 2. The molecule has 6 nitrogen and oxygen atoms in total. The average molecular weight is 433 g/mol. The highest BCUT2D eigenvalue weighted by atomic mass is 79.9. The molecular formula is C18H17BrN4O2S. The molecule has 0 fully saturated rings. The number of H-pyrrole nitrogens is 1. The fourth-order valence-corrected chi connectivity index (χ4v) is 4.16. The van der Waals surface area contributed by atoms with E-state index in [0.717, 1.165) is 20.5 Å². The quantitative estimate of drug-likeness (QED) is 0.488. The Morgan fingerprint density at radius 1 is 1.35 bits per heavy atom. The van der Waals surface area contributed by atoms with Crippen molar-refractivity contribution in [3.05, 3.63) is 60.9 Å². The number of amides is 1. The fraction of sp³-hybridized carbons (Fsp3) is 0.222. The van der Waals surface area contributed by atoms with Crippen LogP contribution in [0.25, 0.3) is 10.2 Å². The number of fused-ring (bicyclic) bond motifs is 1. The van der Waals surface area contributed by atoms with Gasteiger partial charge in [0, 0.05) is 14.9 Å². The predicted molar refractivity (Wildman–Crippen MR) is 108 cm³/mol. The third-order valence-electron chi connectivity index (χ3n) is 4.03. The average Bonchev–Trinajstić information content (AvgIpc) is 2.87. The van der Waals surface area contributed by atoms with E-state index in [1.54, 1.807) is 0 Å². The minimum absolute atomic E-state index is 0.0477. The molecule has 0 bridgehead atoms. The number of aryl methyl sites for hydroxylation is 2. The van der Waals surface area contributed by atoms with Gasteiger partial charge in [-0.15, -0.1) is 11.3 Å². The van der Waals surface area contributed by atoms with Crippen molar-refractivity contribution in [2.24, 2.45) is 5.10 Å². The Labute approximate surface area is 162 Å². The number of benzene rings is 1. The molecule has 8 heteroatoms. The number of carbonyl (C=O) groups excluding carboxylic acids is 1. The van der Waals surface area contributed by atoms with Gasteiger partial charge in [0.15, 0.2) is 0 Å². The highest BCUT2D eigenvalue weighted by Gasteiger charge is 2.13. The number of halogens is 1. The molecule has 2 heterocycles. The lowest BCUT2D eigenvalue weighted by Crippen LogP contribution is -2.24. The summed E-state index contributed by atoms with van der Waals surface area (Å²) in [6.45, 7) is 5.66. The first-order valence-electron chi connectivity index (χ1n) is 7.93. The van der Waals surface area contributed by atoms with Crippen molar-refractivity contribution in [2.75, 3.05) is 0 Å². The molecule has 0 atom stereocenters. The summed E-state index contributed by atoms with van der Waals surface area (Å²) in [5.74, 6) is -0.0149. The van der Waals surface area contributed by atoms with E-state index in [9.17, 15) is 9.59 Å². The smallest absolute Gasteiger partial charge is 0.259 e. The van der Waals surface area contributed by atoms with Crippen LogP contribution in [0.2, 0.25) is 0 Å². The Morgan fingerprint density at radius 2 is 2.08 bits per heavy atom. The number of thiophene rings is 1. The maximum Gasteiger partial charge on any atom is 0.259 e. The van der Waals surface area contributed by atoms with Crippen molar-refractivity contribution >= 4 is 49.1 Å². The van der Waals surface area contributed by atoms with Crippen LogP contribution in [0.4, 0.5) is 0 Å². The summed E-state index contributed by atoms with van der Waals surface area (Å²) in [5, 5.41) is 4.72. The minimum atomic E-state index is -0.344. The van der Waals surface area contributed by atoms with Crippen molar-refractivity contribution in [3.63, 3.8) is 0 Å². The van der Waals surface area contributed by atoms with Crippen molar-refractivity contribution in [1.29, 1.82) is 0 Å². The highest BCUT2D eigenvalue weighted by Crippen LogP contribution is 2.25. The van der Waals surface area contributed by atoms with Crippen LogP contribution in [0.15, 0.2) is 38.6 Å². The molecule has 3 aromatic rings. The molecule has 134 valence electrons. The van der Waals surface area contributed by atoms with Gasteiger partial charge in [-0.1, -0.05) is 34.1 Å². The Morgan fingerprint density at radius 3 is 2.81 bits per heavy atom. The molecule has 26 heavy (non-hydrogen) atoms. The molecule has 0 aliphatic carbocycles. The Hall–Kier alpha value is -2.32. The van der Waals surface area contributed by atoms with E-state index in [-0.39, 0.29) is 17.9 Å². The standard InChI is InChI=1S/C18H17BrN4O2S/c1-9-11(3)26-18-16(9)17(25)20-14(21-18)8-15(24)23-22-10(2)12-6-4-5-7-13(12)19/h4-7H,8H2,1-3H3,(H,23,24)(H,20,21,25)/b22-10+. The summed E-state index contributed by atoms with van der Waals surface area (Å²) in [6, 6.07) is 7.62. The molecule has 1 aromatic carbocycles. The van der Waals surface area contributed by atoms with Crippen molar-refractivity contribution in [2.45, 2.75) is 27.2 Å². The Kier molecular flexibility index (Phi) is 5.33. The summed E-state index contributed by atoms with van der Waals surface area (Å²) in [6.07, 6.45) is -0.0477. The Bertz CT molecular complexity index is 1080. The van der Waals surface area contributed by atoms with Gasteiger partial charge in [-0.3, -0.25) is 9.59 Å². The van der Waals surface area contributed by atoms with Gasteiger partial charge >= 0.3 is 0 Å². The van der Waals surface area contributed by atoms with Gasteiger partial charge in [0.1, 0.15) is 10.7 Å². The summed E-state index contributed by atoms with van der Waals surface area (Å²) in [4.78, 5) is 33.2. The predicted octanol–water partition coefficient (Wildman–Crippen LogP) is 3.45. The second kappa shape index (κ2) is 7.51. The first-order chi connectivity index (χ1) is 12.4. The molecule has 2 aromatic heterocycles. The minimum Gasteiger partial charge on any atom is -0.309 e. The lowest BCUT2D eigenvalue weighted by Gasteiger charge is -2.05. The molecule has 0 spiro atoms. The van der Waals surface area contributed by atoms with E-state index in [2.05, 4.69) is 36.4 Å². The van der Waals surface area contributed by atoms with Gasteiger partial charge in [-0.05, 0) is 32.4 Å². The number of hydrazone groups is 1. The molecular weight excluding hydrogens is 416 g/mol. The van der Waals surface area contributed by atoms with Crippen LogP contribution in [0, 0.1) is 13.8 Å². The van der Waals surface area contributed by atoms with Crippen LogP contribution < -0.4 is 11.0 Å². The Balaban J connectivity index is 1.76. The van der Waals surface area contributed by atoms with E-state index in [1.807, 2.05) is 45.0 Å². The van der Waals surface area contributed by atoms with Crippen molar-refractivity contribution in [3.8, 4) is 0 Å². The molecule has 0 aliphatic heterocycles. The summed E-state index contributed by atoms with van der Waals surface area (Å²) < 4.78 is 0.899. The zero-order chi connectivity index (χ0) is 18.8. The van der Waals surface area contributed by atoms with E-state index in [1.165, 1.54) is 11.3 Å². The second-order valence-electron chi connectivity index (χ2n) is 5.86. The monoisotopic (exact) mass is 432 g/mol. The molecule has 0 saturated carbocycles. The molecule has 3 rings (SSSR count). The maximum atomic E-state index is 12.3. The lowest BCUT2D eigenvalue weighted by atomic mass is 10.1. The van der Waals surface area contributed by atoms with Gasteiger partial charge in [0.2, 0.25) is 5.91 Å². The first kappa shape index (κ1) is 18.5. The van der Waals surface area contributed by atoms with E-state index in [0.29, 0.717) is 21.8 Å². The van der Waals surface area contributed by atoms with Crippen LogP contribution in [-0.4, -0.2) is 21.6 Å². The normalized spacial score (nSPS) is 11.8. The number of aromatic nitrogens is 2. The zero-order valence-electron chi connectivity index (χ0n) is 14.5. The summed E-state index contributed by atoms with van der Waals surface area (Å²) >= 11 is 4.91. The van der Waals surface area contributed by atoms with Crippen LogP contribution in [0.3, 0.4) is 0 Å². The molecule has 1 amide bonds. The number of hydrogen-bond acceptors (Lipinski definition) is 5. The largest absolute Gasteiger partial charge is 0.309 e. The zero-order valence-corrected chi connectivity index (χ0v) is 16.9. The van der Waals surface area contributed by atoms with Crippen LogP contribution in [-0.2, 0) is 11.2 Å². The first-order valence-corrected chi connectivity index (χ1v) is 9.54. The van der Waals surface area contributed by atoms with E-state index < -0.39 is 0 Å². The van der Waals surface area contributed by atoms with Crippen molar-refractivity contribution < 1.29 is 4.79 Å². The molecule has 2 N–H and O–H groups in total. The fourth-order valence-electron chi connectivity index (χ4n) is 2.54.